The van der Waals surface area contributed by atoms with Crippen molar-refractivity contribution in [3.63, 3.8) is 0 Å². The largest absolute Gasteiger partial charge is 0.496 e. The van der Waals surface area contributed by atoms with Crippen LogP contribution in [0.15, 0.2) is 48.5 Å². The molecule has 30 heavy (non-hydrogen) atoms. The van der Waals surface area contributed by atoms with Gasteiger partial charge in [0, 0.05) is 6.04 Å². The maximum atomic E-state index is 12.7. The van der Waals surface area contributed by atoms with Gasteiger partial charge in [-0.15, -0.1) is 0 Å². The lowest BCUT2D eigenvalue weighted by Crippen LogP contribution is -2.49. The van der Waals surface area contributed by atoms with Gasteiger partial charge in [-0.3, -0.25) is 0 Å². The molecule has 7 nitrogen and oxygen atoms in total. The fraction of sp³-hybridized carbons (Fsp3) is 0.391. The van der Waals surface area contributed by atoms with Gasteiger partial charge in [-0.1, -0.05) is 36.4 Å². The van der Waals surface area contributed by atoms with Crippen molar-refractivity contribution in [2.75, 3.05) is 20.8 Å². The van der Waals surface area contributed by atoms with Crippen LogP contribution >= 0.6 is 0 Å². The molecule has 0 unspecified atom stereocenters. The summed E-state index contributed by atoms with van der Waals surface area (Å²) in [5.41, 5.74) is 1.17. The molecule has 0 saturated carbocycles. The zero-order valence-corrected chi connectivity index (χ0v) is 17.5. The highest BCUT2D eigenvalue weighted by atomic mass is 16.6. The first-order valence-corrected chi connectivity index (χ1v) is 9.92. The number of amides is 1. The van der Waals surface area contributed by atoms with E-state index in [1.165, 1.54) is 14.2 Å². The maximum Gasteiger partial charge on any atom is 0.410 e. The fourth-order valence-corrected chi connectivity index (χ4v) is 3.49. The van der Waals surface area contributed by atoms with Crippen molar-refractivity contribution in [3.05, 3.63) is 59.7 Å². The number of ether oxygens (including phenoxy) is 4. The summed E-state index contributed by atoms with van der Waals surface area (Å²) in [5, 5.41) is 0. The number of benzene rings is 2. The number of carbonyl (C=O) groups excluding carboxylic acids is 2. The van der Waals surface area contributed by atoms with Crippen LogP contribution in [-0.4, -0.2) is 49.9 Å². The number of carbonyl (C=O) groups is 2. The normalized spacial score (nSPS) is 18.4. The van der Waals surface area contributed by atoms with E-state index < -0.39 is 5.97 Å². The summed E-state index contributed by atoms with van der Waals surface area (Å²) in [7, 11) is 2.80. The van der Waals surface area contributed by atoms with Crippen LogP contribution in [0.3, 0.4) is 0 Å². The molecule has 2 atom stereocenters. The van der Waals surface area contributed by atoms with Crippen LogP contribution in [0, 0.1) is 0 Å². The molecule has 0 N–H and O–H groups in total. The van der Waals surface area contributed by atoms with Crippen LogP contribution in [0.5, 0.6) is 11.5 Å². The fourth-order valence-electron chi connectivity index (χ4n) is 3.49. The highest BCUT2D eigenvalue weighted by Crippen LogP contribution is 2.31. The van der Waals surface area contributed by atoms with Crippen LogP contribution in [0.4, 0.5) is 4.79 Å². The number of piperidine rings is 1. The third-order valence-electron chi connectivity index (χ3n) is 5.17. The van der Waals surface area contributed by atoms with Gasteiger partial charge in [0.05, 0.1) is 20.8 Å². The highest BCUT2D eigenvalue weighted by molar-refractivity contribution is 5.95. The highest BCUT2D eigenvalue weighted by Gasteiger charge is 2.32. The minimum absolute atomic E-state index is 0.0403. The number of likely N-dealkylation sites (tertiary alicyclic amines) is 1. The number of esters is 1. The predicted molar refractivity (Wildman–Crippen MR) is 111 cm³/mol. The molecule has 2 aromatic carbocycles. The van der Waals surface area contributed by atoms with Crippen LogP contribution in [-0.2, 0) is 16.1 Å². The molecule has 1 heterocycles. The van der Waals surface area contributed by atoms with E-state index in [2.05, 4.69) is 0 Å². The lowest BCUT2D eigenvalue weighted by atomic mass is 10.0. The van der Waals surface area contributed by atoms with E-state index >= 15 is 0 Å². The van der Waals surface area contributed by atoms with Crippen LogP contribution in [0.25, 0.3) is 0 Å². The monoisotopic (exact) mass is 413 g/mol. The van der Waals surface area contributed by atoms with Gasteiger partial charge in [0.25, 0.3) is 0 Å². The van der Waals surface area contributed by atoms with Gasteiger partial charge < -0.3 is 23.8 Å². The minimum atomic E-state index is -0.536. The Morgan fingerprint density at radius 2 is 1.73 bits per heavy atom. The third kappa shape index (κ3) is 5.03. The summed E-state index contributed by atoms with van der Waals surface area (Å²) >= 11 is 0. The molecule has 1 aliphatic rings. The molecule has 1 aliphatic heterocycles. The average molecular weight is 413 g/mol. The third-order valence-corrected chi connectivity index (χ3v) is 5.17. The predicted octanol–water partition coefficient (Wildman–Crippen LogP) is 4.05. The Bertz CT molecular complexity index is 869. The van der Waals surface area contributed by atoms with E-state index in [1.54, 1.807) is 23.1 Å². The van der Waals surface area contributed by atoms with Crippen LogP contribution < -0.4 is 9.47 Å². The topological polar surface area (TPSA) is 74.3 Å². The van der Waals surface area contributed by atoms with Crippen molar-refractivity contribution in [3.8, 4) is 11.5 Å². The average Bonchev–Trinajstić information content (AvgIpc) is 2.78. The standard InChI is InChI=1S/C23H27NO6/c1-16-12-13-18(14-24(16)23(26)29-15-17-8-5-4-6-9-17)30-20-11-7-10-19(27-2)21(20)22(25)28-3/h4-11,16,18H,12-15H2,1-3H3/t16-,18-/m1/s1. The minimum Gasteiger partial charge on any atom is -0.496 e. The van der Waals surface area contributed by atoms with Gasteiger partial charge in [-0.2, -0.15) is 0 Å². The maximum absolute atomic E-state index is 12.7. The molecule has 1 saturated heterocycles. The molecule has 0 spiro atoms. The van der Waals surface area contributed by atoms with Gasteiger partial charge in [-0.05, 0) is 37.5 Å². The molecule has 7 heteroatoms. The number of hydrogen-bond donors (Lipinski definition) is 0. The van der Waals surface area contributed by atoms with Crippen molar-refractivity contribution < 1.29 is 28.5 Å². The van der Waals surface area contributed by atoms with Gasteiger partial charge in [-0.25, -0.2) is 9.59 Å². The zero-order valence-electron chi connectivity index (χ0n) is 17.5. The molecule has 0 radical (unpaired) electrons. The molecular formula is C23H27NO6. The molecule has 0 bridgehead atoms. The summed E-state index contributed by atoms with van der Waals surface area (Å²) < 4.78 is 21.8. The van der Waals surface area contributed by atoms with Crippen molar-refractivity contribution in [2.45, 2.75) is 38.5 Å². The Morgan fingerprint density at radius 3 is 2.43 bits per heavy atom. The second-order valence-electron chi connectivity index (χ2n) is 7.18. The summed E-state index contributed by atoms with van der Waals surface area (Å²) in [6.07, 6.45) is 0.865. The second kappa shape index (κ2) is 10.0. The summed E-state index contributed by atoms with van der Waals surface area (Å²) in [5.74, 6) is 0.215. The van der Waals surface area contributed by atoms with Crippen molar-refractivity contribution >= 4 is 12.1 Å². The first-order valence-electron chi connectivity index (χ1n) is 9.92. The molecule has 1 fully saturated rings. The Labute approximate surface area is 176 Å². The van der Waals surface area contributed by atoms with Gasteiger partial charge in [0.2, 0.25) is 0 Å². The molecule has 2 aromatic rings. The Balaban J connectivity index is 1.68. The zero-order chi connectivity index (χ0) is 21.5. The van der Waals surface area contributed by atoms with Gasteiger partial charge >= 0.3 is 12.1 Å². The Kier molecular flexibility index (Phi) is 7.17. The van der Waals surface area contributed by atoms with E-state index in [1.807, 2.05) is 37.3 Å². The van der Waals surface area contributed by atoms with Crippen molar-refractivity contribution in [2.24, 2.45) is 0 Å². The van der Waals surface area contributed by atoms with E-state index in [0.717, 1.165) is 18.4 Å². The lowest BCUT2D eigenvalue weighted by Gasteiger charge is -2.37. The van der Waals surface area contributed by atoms with E-state index in [0.29, 0.717) is 18.0 Å². The second-order valence-corrected chi connectivity index (χ2v) is 7.18. The quantitative estimate of drug-likeness (QED) is 0.665. The molecule has 3 rings (SSSR count). The lowest BCUT2D eigenvalue weighted by molar-refractivity contribution is 0.0324. The van der Waals surface area contributed by atoms with E-state index in [4.69, 9.17) is 18.9 Å². The number of nitrogens with zero attached hydrogens (tertiary/aromatic N) is 1. The SMILES string of the molecule is COC(=O)c1c(OC)cccc1O[C@@H]1CC[C@@H](C)N(C(=O)OCc2ccccc2)C1. The summed E-state index contributed by atoms with van der Waals surface area (Å²) in [6, 6.07) is 14.7. The van der Waals surface area contributed by atoms with E-state index in [-0.39, 0.29) is 30.4 Å². The smallest absolute Gasteiger partial charge is 0.410 e. The summed E-state index contributed by atoms with van der Waals surface area (Å²) in [4.78, 5) is 26.6. The Morgan fingerprint density at radius 1 is 1.00 bits per heavy atom. The number of hydrogen-bond acceptors (Lipinski definition) is 6. The van der Waals surface area contributed by atoms with Crippen molar-refractivity contribution in [1.82, 2.24) is 4.90 Å². The number of methoxy groups -OCH3 is 2. The van der Waals surface area contributed by atoms with Gasteiger partial charge in [0.15, 0.2) is 0 Å². The Hall–Kier alpha value is -3.22. The molecule has 0 aliphatic carbocycles. The first kappa shape index (κ1) is 21.5. The van der Waals surface area contributed by atoms with Crippen molar-refractivity contribution in [1.29, 1.82) is 0 Å². The molecule has 160 valence electrons. The number of rotatable bonds is 6. The van der Waals surface area contributed by atoms with Crippen LogP contribution in [0.2, 0.25) is 0 Å². The first-order chi connectivity index (χ1) is 14.5. The van der Waals surface area contributed by atoms with Crippen LogP contribution in [0.1, 0.15) is 35.7 Å². The molecular weight excluding hydrogens is 386 g/mol. The van der Waals surface area contributed by atoms with Gasteiger partial charge in [0.1, 0.15) is 29.8 Å². The van der Waals surface area contributed by atoms with E-state index in [9.17, 15) is 9.59 Å². The molecule has 0 aromatic heterocycles. The molecule has 1 amide bonds. The summed E-state index contributed by atoms with van der Waals surface area (Å²) in [6.45, 7) is 2.58.